The predicted molar refractivity (Wildman–Crippen MR) is 77.3 cm³/mol. The molecular formula is C15H23NO4. The van der Waals surface area contributed by atoms with Crippen LogP contribution in [0.3, 0.4) is 0 Å². The van der Waals surface area contributed by atoms with Gasteiger partial charge >= 0.3 is 5.97 Å². The minimum atomic E-state index is -0.833. The largest absolute Gasteiger partial charge is 0.497 e. The smallest absolute Gasteiger partial charge is 0.320 e. The van der Waals surface area contributed by atoms with Crippen LogP contribution < -0.4 is 14.8 Å². The molecule has 20 heavy (non-hydrogen) atoms. The van der Waals surface area contributed by atoms with Crippen molar-refractivity contribution >= 4 is 5.97 Å². The standard InChI is InChI=1S/C15H23NO4/c1-10(2)7-13(15(17)18)16-9-11-8-12(19-3)5-6-14(11)20-4/h5-6,8,10,13,16H,7,9H2,1-4H3,(H,17,18)/t13-/m1/s1. The van der Waals surface area contributed by atoms with Gasteiger partial charge in [0.1, 0.15) is 17.5 Å². The highest BCUT2D eigenvalue weighted by molar-refractivity contribution is 5.73. The molecule has 0 radical (unpaired) electrons. The van der Waals surface area contributed by atoms with Gasteiger partial charge in [-0.1, -0.05) is 13.8 Å². The molecule has 0 spiro atoms. The summed E-state index contributed by atoms with van der Waals surface area (Å²) in [4.78, 5) is 11.2. The van der Waals surface area contributed by atoms with E-state index in [1.165, 1.54) is 0 Å². The third-order valence-corrected chi connectivity index (χ3v) is 3.03. The van der Waals surface area contributed by atoms with Gasteiger partial charge in [-0.05, 0) is 30.5 Å². The fourth-order valence-corrected chi connectivity index (χ4v) is 2.00. The first-order valence-electron chi connectivity index (χ1n) is 6.65. The Morgan fingerprint density at radius 1 is 1.30 bits per heavy atom. The number of hydrogen-bond donors (Lipinski definition) is 2. The highest BCUT2D eigenvalue weighted by Crippen LogP contribution is 2.24. The monoisotopic (exact) mass is 281 g/mol. The molecule has 1 atom stereocenters. The number of hydrogen-bond acceptors (Lipinski definition) is 4. The molecule has 0 heterocycles. The van der Waals surface area contributed by atoms with Gasteiger partial charge in [0.25, 0.3) is 0 Å². The molecule has 0 amide bonds. The fraction of sp³-hybridized carbons (Fsp3) is 0.533. The average Bonchev–Trinajstić information content (AvgIpc) is 2.42. The molecule has 0 aliphatic carbocycles. The summed E-state index contributed by atoms with van der Waals surface area (Å²) in [6, 6.07) is 4.91. The average molecular weight is 281 g/mol. The van der Waals surface area contributed by atoms with E-state index >= 15 is 0 Å². The van der Waals surface area contributed by atoms with Gasteiger partial charge in [-0.3, -0.25) is 4.79 Å². The number of carboxylic acids is 1. The summed E-state index contributed by atoms with van der Waals surface area (Å²) in [6.45, 7) is 4.43. The van der Waals surface area contributed by atoms with Crippen LogP contribution in [-0.2, 0) is 11.3 Å². The number of rotatable bonds is 8. The molecule has 0 aromatic heterocycles. The summed E-state index contributed by atoms with van der Waals surface area (Å²) < 4.78 is 10.4. The zero-order valence-corrected chi connectivity index (χ0v) is 12.5. The van der Waals surface area contributed by atoms with Crippen molar-refractivity contribution in [2.45, 2.75) is 32.9 Å². The second kappa shape index (κ2) is 7.75. The first kappa shape index (κ1) is 16.3. The number of carbonyl (C=O) groups is 1. The Labute approximate surface area is 119 Å². The molecule has 1 aromatic carbocycles. The molecule has 0 saturated carbocycles. The number of ether oxygens (including phenoxy) is 2. The summed E-state index contributed by atoms with van der Waals surface area (Å²) in [5.74, 6) is 0.918. The Morgan fingerprint density at radius 3 is 2.50 bits per heavy atom. The van der Waals surface area contributed by atoms with E-state index in [1.807, 2.05) is 32.0 Å². The van der Waals surface area contributed by atoms with Crippen LogP contribution in [0.2, 0.25) is 0 Å². The Bertz CT molecular complexity index is 445. The van der Waals surface area contributed by atoms with E-state index in [-0.39, 0.29) is 0 Å². The normalized spacial score (nSPS) is 12.2. The lowest BCUT2D eigenvalue weighted by Gasteiger charge is -2.18. The van der Waals surface area contributed by atoms with Crippen LogP contribution in [0.25, 0.3) is 0 Å². The highest BCUT2D eigenvalue weighted by Gasteiger charge is 2.18. The molecule has 1 aromatic rings. The summed E-state index contributed by atoms with van der Waals surface area (Å²) >= 11 is 0. The second-order valence-electron chi connectivity index (χ2n) is 5.08. The summed E-state index contributed by atoms with van der Waals surface area (Å²) in [7, 11) is 3.19. The van der Waals surface area contributed by atoms with Crippen molar-refractivity contribution in [2.24, 2.45) is 5.92 Å². The SMILES string of the molecule is COc1ccc(OC)c(CN[C@H](CC(C)C)C(=O)O)c1. The zero-order valence-electron chi connectivity index (χ0n) is 12.5. The van der Waals surface area contributed by atoms with E-state index in [1.54, 1.807) is 14.2 Å². The Hall–Kier alpha value is -1.75. The van der Waals surface area contributed by atoms with Crippen LogP contribution in [0, 0.1) is 5.92 Å². The molecular weight excluding hydrogens is 258 g/mol. The van der Waals surface area contributed by atoms with Crippen LogP contribution in [0.15, 0.2) is 18.2 Å². The van der Waals surface area contributed by atoms with Crippen LogP contribution in [0.5, 0.6) is 11.5 Å². The minimum Gasteiger partial charge on any atom is -0.497 e. The number of benzene rings is 1. The van der Waals surface area contributed by atoms with Crippen molar-refractivity contribution in [1.82, 2.24) is 5.32 Å². The second-order valence-corrected chi connectivity index (χ2v) is 5.08. The molecule has 0 aliphatic heterocycles. The number of methoxy groups -OCH3 is 2. The maximum Gasteiger partial charge on any atom is 0.320 e. The Kier molecular flexibility index (Phi) is 6.31. The van der Waals surface area contributed by atoms with Gasteiger partial charge in [-0.2, -0.15) is 0 Å². The number of nitrogens with one attached hydrogen (secondary N) is 1. The van der Waals surface area contributed by atoms with Gasteiger partial charge < -0.3 is 19.9 Å². The maximum absolute atomic E-state index is 11.2. The third kappa shape index (κ3) is 4.74. The van der Waals surface area contributed by atoms with Gasteiger partial charge in [-0.15, -0.1) is 0 Å². The Morgan fingerprint density at radius 2 is 2.00 bits per heavy atom. The van der Waals surface area contributed by atoms with E-state index in [0.717, 1.165) is 11.3 Å². The quantitative estimate of drug-likeness (QED) is 0.765. The summed E-state index contributed by atoms with van der Waals surface area (Å²) in [5, 5.41) is 12.3. The number of aliphatic carboxylic acids is 1. The van der Waals surface area contributed by atoms with Crippen LogP contribution >= 0.6 is 0 Å². The van der Waals surface area contributed by atoms with Gasteiger partial charge in [0.15, 0.2) is 0 Å². The van der Waals surface area contributed by atoms with Gasteiger partial charge in [0.2, 0.25) is 0 Å². The minimum absolute atomic E-state index is 0.316. The van der Waals surface area contributed by atoms with Gasteiger partial charge in [0.05, 0.1) is 14.2 Å². The fourth-order valence-electron chi connectivity index (χ4n) is 2.00. The lowest BCUT2D eigenvalue weighted by Crippen LogP contribution is -2.37. The lowest BCUT2D eigenvalue weighted by molar-refractivity contribution is -0.140. The summed E-state index contributed by atoms with van der Waals surface area (Å²) in [6.07, 6.45) is 0.585. The molecule has 5 nitrogen and oxygen atoms in total. The maximum atomic E-state index is 11.2. The van der Waals surface area contributed by atoms with E-state index in [0.29, 0.717) is 24.6 Å². The van der Waals surface area contributed by atoms with Crippen molar-refractivity contribution in [3.05, 3.63) is 23.8 Å². The third-order valence-electron chi connectivity index (χ3n) is 3.03. The molecule has 0 fully saturated rings. The molecule has 112 valence electrons. The van der Waals surface area contributed by atoms with E-state index in [9.17, 15) is 9.90 Å². The molecule has 0 bridgehead atoms. The van der Waals surface area contributed by atoms with Crippen LogP contribution in [-0.4, -0.2) is 31.3 Å². The van der Waals surface area contributed by atoms with Crippen molar-refractivity contribution in [1.29, 1.82) is 0 Å². The van der Waals surface area contributed by atoms with Gasteiger partial charge in [0, 0.05) is 12.1 Å². The van der Waals surface area contributed by atoms with Crippen LogP contribution in [0.4, 0.5) is 0 Å². The lowest BCUT2D eigenvalue weighted by atomic mass is 10.0. The van der Waals surface area contributed by atoms with Crippen molar-refractivity contribution in [3.63, 3.8) is 0 Å². The van der Waals surface area contributed by atoms with Crippen molar-refractivity contribution in [3.8, 4) is 11.5 Å². The molecule has 5 heteroatoms. The number of carboxylic acid groups (broad SMARTS) is 1. The predicted octanol–water partition coefficient (Wildman–Crippen LogP) is 2.29. The molecule has 1 rings (SSSR count). The summed E-state index contributed by atoms with van der Waals surface area (Å²) in [5.41, 5.74) is 0.877. The first-order chi connectivity index (χ1) is 9.47. The molecule has 0 unspecified atom stereocenters. The highest BCUT2D eigenvalue weighted by atomic mass is 16.5. The Balaban J connectivity index is 2.78. The first-order valence-corrected chi connectivity index (χ1v) is 6.65. The molecule has 2 N–H and O–H groups in total. The van der Waals surface area contributed by atoms with E-state index in [4.69, 9.17) is 9.47 Å². The van der Waals surface area contributed by atoms with Crippen molar-refractivity contribution in [2.75, 3.05) is 14.2 Å². The van der Waals surface area contributed by atoms with Crippen LogP contribution in [0.1, 0.15) is 25.8 Å². The van der Waals surface area contributed by atoms with E-state index < -0.39 is 12.0 Å². The van der Waals surface area contributed by atoms with Crippen molar-refractivity contribution < 1.29 is 19.4 Å². The van der Waals surface area contributed by atoms with Gasteiger partial charge in [-0.25, -0.2) is 0 Å². The zero-order chi connectivity index (χ0) is 15.1. The topological polar surface area (TPSA) is 67.8 Å². The molecule has 0 aliphatic rings. The molecule has 0 saturated heterocycles. The van der Waals surface area contributed by atoms with E-state index in [2.05, 4.69) is 5.32 Å².